The molecule has 158 valence electrons. The molecule has 0 aliphatic carbocycles. The molecule has 29 heavy (non-hydrogen) atoms. The highest BCUT2D eigenvalue weighted by atomic mass is 32.2. The predicted molar refractivity (Wildman–Crippen MR) is 102 cm³/mol. The Morgan fingerprint density at radius 3 is 2.41 bits per heavy atom. The van der Waals surface area contributed by atoms with Crippen molar-refractivity contribution in [3.63, 3.8) is 0 Å². The zero-order valence-electron chi connectivity index (χ0n) is 16.7. The van der Waals surface area contributed by atoms with Crippen molar-refractivity contribution in [2.24, 2.45) is 0 Å². The van der Waals surface area contributed by atoms with Crippen molar-refractivity contribution in [2.45, 2.75) is 68.4 Å². The molecular formula is C20H24O8S. The van der Waals surface area contributed by atoms with E-state index in [0.717, 1.165) is 10.5 Å². The molecule has 9 heteroatoms. The summed E-state index contributed by atoms with van der Waals surface area (Å²) in [5.41, 5.74) is 0.772. The Bertz CT molecular complexity index is 795. The molecule has 1 fully saturated rings. The number of methoxy groups -OCH3 is 1. The van der Waals surface area contributed by atoms with Crippen LogP contribution in [0.25, 0.3) is 0 Å². The fourth-order valence-electron chi connectivity index (χ4n) is 3.45. The van der Waals surface area contributed by atoms with Crippen LogP contribution >= 0.6 is 11.8 Å². The van der Waals surface area contributed by atoms with Crippen LogP contribution in [0.15, 0.2) is 23.1 Å². The van der Waals surface area contributed by atoms with Gasteiger partial charge in [-0.15, -0.1) is 11.8 Å². The zero-order valence-corrected chi connectivity index (χ0v) is 17.5. The number of fused-ring (bicyclic) bond motifs is 2. The zero-order chi connectivity index (χ0) is 21.1. The average Bonchev–Trinajstić information content (AvgIpc) is 2.67. The lowest BCUT2D eigenvalue weighted by Crippen LogP contribution is -2.61. The second kappa shape index (κ2) is 9.04. The Morgan fingerprint density at radius 2 is 1.79 bits per heavy atom. The van der Waals surface area contributed by atoms with Gasteiger partial charge in [-0.2, -0.15) is 0 Å². The second-order valence-corrected chi connectivity index (χ2v) is 8.05. The fraction of sp³-hybridized carbons (Fsp3) is 0.550. The topological polar surface area (TPSA) is 97.4 Å². The third kappa shape index (κ3) is 4.84. The number of benzene rings is 1. The van der Waals surface area contributed by atoms with Crippen molar-refractivity contribution in [3.8, 4) is 5.75 Å². The van der Waals surface area contributed by atoms with Crippen molar-refractivity contribution < 1.29 is 38.1 Å². The Balaban J connectivity index is 1.91. The first kappa shape index (κ1) is 21.4. The van der Waals surface area contributed by atoms with Gasteiger partial charge in [0.2, 0.25) is 6.29 Å². The van der Waals surface area contributed by atoms with E-state index in [0.29, 0.717) is 12.2 Å². The van der Waals surface area contributed by atoms with Gasteiger partial charge in [0.15, 0.2) is 12.2 Å². The van der Waals surface area contributed by atoms with Crippen LogP contribution in [-0.2, 0) is 39.8 Å². The maximum atomic E-state index is 11.8. The molecule has 0 amide bonds. The lowest BCUT2D eigenvalue weighted by Gasteiger charge is -2.46. The van der Waals surface area contributed by atoms with Crippen LogP contribution in [0.3, 0.4) is 0 Å². The molecule has 2 aliphatic rings. The molecule has 1 aromatic carbocycles. The van der Waals surface area contributed by atoms with Gasteiger partial charge in [-0.25, -0.2) is 0 Å². The highest BCUT2D eigenvalue weighted by Gasteiger charge is 2.52. The molecule has 1 aromatic rings. The summed E-state index contributed by atoms with van der Waals surface area (Å²) in [7, 11) is 1.34. The number of hydrogen-bond donors (Lipinski definition) is 0. The van der Waals surface area contributed by atoms with Crippen molar-refractivity contribution in [1.82, 2.24) is 0 Å². The number of ether oxygens (including phenoxy) is 5. The first-order valence-electron chi connectivity index (χ1n) is 9.35. The Kier molecular flexibility index (Phi) is 6.69. The van der Waals surface area contributed by atoms with Gasteiger partial charge >= 0.3 is 17.9 Å². The standard InChI is InChI=1S/C20H24O8S/c1-5-13-17(25-10(2)21)18(26-11(3)22)19-20(27-13)28-14-7-6-12(8-15(14)29-19)9-16(23)24-4/h6-8,13,17-20H,5,9H2,1-4H3. The molecule has 8 nitrogen and oxygen atoms in total. The molecule has 5 atom stereocenters. The van der Waals surface area contributed by atoms with Gasteiger partial charge in [0, 0.05) is 13.8 Å². The van der Waals surface area contributed by atoms with E-state index in [1.54, 1.807) is 12.1 Å². The summed E-state index contributed by atoms with van der Waals surface area (Å²) in [5.74, 6) is -0.681. The molecule has 0 saturated carbocycles. The van der Waals surface area contributed by atoms with Crippen LogP contribution in [-0.4, -0.2) is 54.9 Å². The molecule has 5 unspecified atom stereocenters. The van der Waals surface area contributed by atoms with E-state index in [1.807, 2.05) is 13.0 Å². The first-order valence-corrected chi connectivity index (χ1v) is 10.2. The van der Waals surface area contributed by atoms with E-state index in [-0.39, 0.29) is 12.4 Å². The Labute approximate surface area is 173 Å². The monoisotopic (exact) mass is 424 g/mol. The van der Waals surface area contributed by atoms with E-state index in [2.05, 4.69) is 0 Å². The van der Waals surface area contributed by atoms with Crippen LogP contribution in [0.1, 0.15) is 32.8 Å². The summed E-state index contributed by atoms with van der Waals surface area (Å²) < 4.78 is 27.8. The Hall–Kier alpha value is -2.26. The summed E-state index contributed by atoms with van der Waals surface area (Å²) >= 11 is 1.41. The maximum Gasteiger partial charge on any atom is 0.309 e. The first-order chi connectivity index (χ1) is 13.8. The molecule has 0 aromatic heterocycles. The van der Waals surface area contributed by atoms with Crippen LogP contribution < -0.4 is 4.74 Å². The van der Waals surface area contributed by atoms with Crippen molar-refractivity contribution in [1.29, 1.82) is 0 Å². The fourth-order valence-corrected chi connectivity index (χ4v) is 4.77. The number of carbonyl (C=O) groups is 3. The van der Waals surface area contributed by atoms with Crippen molar-refractivity contribution in [2.75, 3.05) is 7.11 Å². The highest BCUT2D eigenvalue weighted by molar-refractivity contribution is 8.00. The number of carbonyl (C=O) groups excluding carboxylic acids is 3. The van der Waals surface area contributed by atoms with E-state index < -0.39 is 41.8 Å². The van der Waals surface area contributed by atoms with Crippen LogP contribution in [0.4, 0.5) is 0 Å². The van der Waals surface area contributed by atoms with Gasteiger partial charge in [-0.3, -0.25) is 14.4 Å². The number of esters is 3. The summed E-state index contributed by atoms with van der Waals surface area (Å²) in [5, 5.41) is -0.438. The van der Waals surface area contributed by atoms with Gasteiger partial charge in [-0.1, -0.05) is 13.0 Å². The Morgan fingerprint density at radius 1 is 1.10 bits per heavy atom. The lowest BCUT2D eigenvalue weighted by atomic mass is 9.98. The smallest absolute Gasteiger partial charge is 0.309 e. The quantitative estimate of drug-likeness (QED) is 0.521. The molecule has 0 N–H and O–H groups in total. The van der Waals surface area contributed by atoms with E-state index in [1.165, 1.54) is 32.7 Å². The third-order valence-electron chi connectivity index (χ3n) is 4.69. The minimum absolute atomic E-state index is 0.135. The van der Waals surface area contributed by atoms with Crippen LogP contribution in [0.2, 0.25) is 0 Å². The molecule has 3 rings (SSSR count). The van der Waals surface area contributed by atoms with E-state index in [9.17, 15) is 14.4 Å². The molecule has 0 spiro atoms. The van der Waals surface area contributed by atoms with Crippen molar-refractivity contribution >= 4 is 29.7 Å². The summed E-state index contributed by atoms with van der Waals surface area (Å²) in [6, 6.07) is 5.41. The maximum absolute atomic E-state index is 11.8. The molecule has 2 aliphatic heterocycles. The normalized spacial score (nSPS) is 27.7. The predicted octanol–water partition coefficient (Wildman–Crippen LogP) is 2.25. The SMILES string of the molecule is CCC1OC2Oc3ccc(CC(=O)OC)cc3SC2C(OC(C)=O)C1OC(C)=O. The van der Waals surface area contributed by atoms with Gasteiger partial charge in [-0.05, 0) is 24.1 Å². The van der Waals surface area contributed by atoms with Crippen molar-refractivity contribution in [3.05, 3.63) is 23.8 Å². The minimum atomic E-state index is -0.737. The van der Waals surface area contributed by atoms with E-state index >= 15 is 0 Å². The molecular weight excluding hydrogens is 400 g/mol. The summed E-state index contributed by atoms with van der Waals surface area (Å²) in [6.45, 7) is 4.52. The van der Waals surface area contributed by atoms with Gasteiger partial charge < -0.3 is 23.7 Å². The van der Waals surface area contributed by atoms with E-state index in [4.69, 9.17) is 23.7 Å². The molecule has 1 saturated heterocycles. The van der Waals surface area contributed by atoms with Gasteiger partial charge in [0.1, 0.15) is 17.1 Å². The lowest BCUT2D eigenvalue weighted by molar-refractivity contribution is -0.236. The number of hydrogen-bond acceptors (Lipinski definition) is 9. The second-order valence-electron chi connectivity index (χ2n) is 6.83. The largest absolute Gasteiger partial charge is 0.469 e. The molecule has 0 bridgehead atoms. The third-order valence-corrected chi connectivity index (χ3v) is 6.02. The minimum Gasteiger partial charge on any atom is -0.469 e. The van der Waals surface area contributed by atoms with Crippen LogP contribution in [0.5, 0.6) is 5.75 Å². The number of rotatable bonds is 5. The summed E-state index contributed by atoms with van der Waals surface area (Å²) in [4.78, 5) is 35.8. The summed E-state index contributed by atoms with van der Waals surface area (Å²) in [6.07, 6.45) is -1.92. The average molecular weight is 424 g/mol. The number of thioether (sulfide) groups is 1. The van der Waals surface area contributed by atoms with Gasteiger partial charge in [0.25, 0.3) is 0 Å². The van der Waals surface area contributed by atoms with Crippen LogP contribution in [0, 0.1) is 0 Å². The van der Waals surface area contributed by atoms with Gasteiger partial charge in [0.05, 0.1) is 18.4 Å². The molecule has 2 heterocycles. The molecule has 0 radical (unpaired) electrons. The highest BCUT2D eigenvalue weighted by Crippen LogP contribution is 2.46.